The number of benzene rings is 2. The highest BCUT2D eigenvalue weighted by Gasteiger charge is 2.39. The second-order valence-electron chi connectivity index (χ2n) is 5.49. The van der Waals surface area contributed by atoms with E-state index in [1.54, 1.807) is 0 Å². The fraction of sp³-hybridized carbons (Fsp3) is 0.143. The van der Waals surface area contributed by atoms with Gasteiger partial charge in [0.25, 0.3) is 0 Å². The third-order valence-corrected chi connectivity index (χ3v) is 5.46. The van der Waals surface area contributed by atoms with Crippen LogP contribution in [0.15, 0.2) is 0 Å². The van der Waals surface area contributed by atoms with Gasteiger partial charge in [0.15, 0.2) is 0 Å². The minimum absolute atomic E-state index is 0.185. The van der Waals surface area contributed by atoms with Crippen molar-refractivity contribution in [2.45, 2.75) is 12.4 Å². The van der Waals surface area contributed by atoms with Crippen LogP contribution in [0.3, 0.4) is 0 Å². The summed E-state index contributed by atoms with van der Waals surface area (Å²) in [5.41, 5.74) is -1.88. The molecule has 0 amide bonds. The normalized spacial score (nSPS) is 13.4. The van der Waals surface area contributed by atoms with E-state index >= 15 is 0 Å². The second-order valence-corrected chi connectivity index (χ2v) is 7.00. The van der Waals surface area contributed by atoms with Gasteiger partial charge >= 0.3 is 12.4 Å². The van der Waals surface area contributed by atoms with Crippen LogP contribution in [0.25, 0.3) is 32.8 Å². The second kappa shape index (κ2) is 5.94. The largest absolute Gasteiger partial charge is 0.451 e. The minimum Gasteiger partial charge on any atom is -0.223 e. The Balaban J connectivity index is 2.35. The van der Waals surface area contributed by atoms with Crippen LogP contribution < -0.4 is 0 Å². The smallest absolute Gasteiger partial charge is 0.223 e. The van der Waals surface area contributed by atoms with Crippen molar-refractivity contribution in [3.63, 3.8) is 0 Å². The average molecular weight is 480 g/mol. The Morgan fingerprint density at radius 3 is 0.857 bits per heavy atom. The molecule has 0 aliphatic carbocycles. The van der Waals surface area contributed by atoms with Gasteiger partial charge in [0, 0.05) is 10.8 Å². The fourth-order valence-electron chi connectivity index (χ4n) is 2.70. The van der Waals surface area contributed by atoms with E-state index < -0.39 is 66.2 Å². The van der Waals surface area contributed by atoms with E-state index in [1.807, 2.05) is 0 Å². The van der Waals surface area contributed by atoms with Crippen molar-refractivity contribution >= 4 is 79.2 Å². The Hall–Kier alpha value is -1.62. The Labute approximate surface area is 169 Å². The van der Waals surface area contributed by atoms with Gasteiger partial charge in [-0.15, -0.1) is 0 Å². The van der Waals surface area contributed by atoms with Gasteiger partial charge in [-0.05, 0) is 0 Å². The van der Waals surface area contributed by atoms with Crippen molar-refractivity contribution in [2.75, 3.05) is 0 Å². The highest BCUT2D eigenvalue weighted by Crippen LogP contribution is 2.48. The summed E-state index contributed by atoms with van der Waals surface area (Å²) in [4.78, 5) is 13.5. The van der Waals surface area contributed by atoms with Crippen molar-refractivity contribution in [3.05, 3.63) is 31.7 Å². The molecule has 146 valence electrons. The van der Waals surface area contributed by atoms with Crippen molar-refractivity contribution in [3.8, 4) is 0 Å². The molecule has 28 heavy (non-hydrogen) atoms. The Morgan fingerprint density at radius 1 is 0.464 bits per heavy atom. The van der Waals surface area contributed by atoms with Crippen LogP contribution in [0, 0.1) is 0 Å². The lowest BCUT2D eigenvalue weighted by atomic mass is 10.0. The van der Waals surface area contributed by atoms with Crippen molar-refractivity contribution < 1.29 is 26.3 Å². The number of hydrogen-bond acceptors (Lipinski definition) is 4. The molecule has 2 heterocycles. The van der Waals surface area contributed by atoms with Gasteiger partial charge in [-0.2, -0.15) is 26.3 Å². The lowest BCUT2D eigenvalue weighted by Gasteiger charge is -2.17. The molecule has 0 bridgehead atoms. The molecular formula is C14Cl4F6N4. The van der Waals surface area contributed by atoms with Crippen molar-refractivity contribution in [1.29, 1.82) is 0 Å². The van der Waals surface area contributed by atoms with Gasteiger partial charge in [0.2, 0.25) is 11.6 Å². The molecule has 0 saturated heterocycles. The Morgan fingerprint density at radius 2 is 0.679 bits per heavy atom. The van der Waals surface area contributed by atoms with Gasteiger partial charge in [0.1, 0.15) is 0 Å². The first-order valence-electron chi connectivity index (χ1n) is 6.93. The highest BCUT2D eigenvalue weighted by molar-refractivity contribution is 6.54. The standard InChI is InChI=1S/C14Cl4F6N4/c15-3-5(17)9-2-1-7(3)25-11(13(19,20)21)26-8(1)4(16)6(18)10(2)28-12(27-9)14(22,23)24. The Bertz CT molecular complexity index is 1110. The first-order chi connectivity index (χ1) is 12.8. The zero-order valence-corrected chi connectivity index (χ0v) is 15.6. The lowest BCUT2D eigenvalue weighted by Crippen LogP contribution is -2.14. The average Bonchev–Trinajstić information content (AvgIpc) is 2.60. The zero-order valence-electron chi connectivity index (χ0n) is 12.6. The van der Waals surface area contributed by atoms with Crippen LogP contribution in [0.2, 0.25) is 20.1 Å². The number of hydrogen-bond donors (Lipinski definition) is 0. The molecule has 0 aliphatic rings. The lowest BCUT2D eigenvalue weighted by molar-refractivity contribution is -0.145. The fourth-order valence-corrected chi connectivity index (χ4v) is 3.60. The summed E-state index contributed by atoms with van der Waals surface area (Å²) in [6.07, 6.45) is -9.92. The van der Waals surface area contributed by atoms with E-state index in [4.69, 9.17) is 46.4 Å². The molecular weight excluding hydrogens is 480 g/mol. The molecule has 0 saturated carbocycles. The molecule has 0 radical (unpaired) electrons. The summed E-state index contributed by atoms with van der Waals surface area (Å²) in [7, 11) is 0. The topological polar surface area (TPSA) is 51.6 Å². The highest BCUT2D eigenvalue weighted by atomic mass is 35.5. The van der Waals surface area contributed by atoms with Gasteiger partial charge < -0.3 is 0 Å². The summed E-state index contributed by atoms with van der Waals surface area (Å²) in [5, 5.41) is -2.54. The third kappa shape index (κ3) is 2.69. The molecule has 0 atom stereocenters. The molecule has 2 aromatic heterocycles. The van der Waals surface area contributed by atoms with Gasteiger partial charge in [-0.25, -0.2) is 19.9 Å². The molecule has 14 heteroatoms. The SMILES string of the molecule is FC(F)(F)c1nc2c(Cl)c(Cl)c3nc(C(F)(F)F)nc4c(Cl)c(Cl)c(n1)c2c34. The third-order valence-electron chi connectivity index (χ3n) is 3.79. The minimum atomic E-state index is -4.96. The van der Waals surface area contributed by atoms with Crippen LogP contribution in [0.1, 0.15) is 11.6 Å². The van der Waals surface area contributed by atoms with Crippen LogP contribution in [0.4, 0.5) is 26.3 Å². The molecule has 2 aromatic carbocycles. The molecule has 0 spiro atoms. The summed E-state index contributed by atoms with van der Waals surface area (Å²) in [5.74, 6) is -3.16. The molecule has 0 fully saturated rings. The maximum absolute atomic E-state index is 13.2. The van der Waals surface area contributed by atoms with E-state index in [2.05, 4.69) is 19.9 Å². The van der Waals surface area contributed by atoms with E-state index in [1.165, 1.54) is 0 Å². The monoisotopic (exact) mass is 478 g/mol. The first kappa shape index (κ1) is 19.7. The van der Waals surface area contributed by atoms with Crippen LogP contribution in [-0.4, -0.2) is 19.9 Å². The van der Waals surface area contributed by atoms with Gasteiger partial charge in [-0.3, -0.25) is 0 Å². The summed E-state index contributed by atoms with van der Waals surface area (Å²) >= 11 is 24.0. The maximum Gasteiger partial charge on any atom is 0.451 e. The maximum atomic E-state index is 13.2. The molecule has 4 rings (SSSR count). The molecule has 0 aliphatic heterocycles. The van der Waals surface area contributed by atoms with Crippen molar-refractivity contribution in [1.82, 2.24) is 19.9 Å². The van der Waals surface area contributed by atoms with Crippen LogP contribution in [0.5, 0.6) is 0 Å². The van der Waals surface area contributed by atoms with Crippen molar-refractivity contribution in [2.24, 2.45) is 0 Å². The number of halogens is 10. The number of nitrogens with zero attached hydrogens (tertiary/aromatic N) is 4. The zero-order chi connectivity index (χ0) is 20.8. The summed E-state index contributed by atoms with van der Waals surface area (Å²) in [6.45, 7) is 0. The van der Waals surface area contributed by atoms with Gasteiger partial charge in [0.05, 0.1) is 42.2 Å². The number of alkyl halides is 6. The molecule has 4 nitrogen and oxygen atoms in total. The molecule has 0 unspecified atom stereocenters. The molecule has 4 aromatic rings. The van der Waals surface area contributed by atoms with Gasteiger partial charge in [-0.1, -0.05) is 46.4 Å². The Kier molecular flexibility index (Phi) is 4.18. The first-order valence-corrected chi connectivity index (χ1v) is 8.44. The summed E-state index contributed by atoms with van der Waals surface area (Å²) in [6, 6.07) is 0. The number of rotatable bonds is 0. The van der Waals surface area contributed by atoms with E-state index in [9.17, 15) is 26.3 Å². The van der Waals surface area contributed by atoms with E-state index in [0.29, 0.717) is 0 Å². The van der Waals surface area contributed by atoms with Crippen LogP contribution in [-0.2, 0) is 12.4 Å². The summed E-state index contributed by atoms with van der Waals surface area (Å²) < 4.78 is 79.0. The quantitative estimate of drug-likeness (QED) is 0.205. The predicted molar refractivity (Wildman–Crippen MR) is 91.4 cm³/mol. The van der Waals surface area contributed by atoms with E-state index in [-0.39, 0.29) is 10.8 Å². The van der Waals surface area contributed by atoms with E-state index in [0.717, 1.165) is 0 Å². The van der Waals surface area contributed by atoms with Crippen LogP contribution >= 0.6 is 46.4 Å². The molecule has 0 N–H and O–H groups in total. The number of aromatic nitrogens is 4. The predicted octanol–water partition coefficient (Wildman–Crippen LogP) is 6.82.